The average Bonchev–Trinajstić information content (AvgIpc) is 3.58. The van der Waals surface area contributed by atoms with Gasteiger partial charge in [-0.1, -0.05) is 18.2 Å². The molecule has 0 spiro atoms. The Morgan fingerprint density at radius 1 is 1.14 bits per heavy atom. The fraction of sp³-hybridized carbons (Fsp3) is 0.370. The number of hydrogen-bond donors (Lipinski definition) is 2. The number of rotatable bonds is 5. The van der Waals surface area contributed by atoms with Crippen LogP contribution in [0.5, 0.6) is 5.75 Å². The summed E-state index contributed by atoms with van der Waals surface area (Å²) in [5.74, 6) is -2.80. The molecule has 4 heterocycles. The summed E-state index contributed by atoms with van der Waals surface area (Å²) >= 11 is 0. The SMILES string of the molecule is COc1ccccc1-c1cc(C2CNCC(F)(F)C2)c(F)c2[nH]c(N3CC4=C(CN(C=O)C4)N3C)cc12. The molecule has 2 aromatic carbocycles. The van der Waals surface area contributed by atoms with Gasteiger partial charge in [-0.15, -0.1) is 0 Å². The van der Waals surface area contributed by atoms with Gasteiger partial charge in [-0.2, -0.15) is 0 Å². The van der Waals surface area contributed by atoms with Gasteiger partial charge in [-0.25, -0.2) is 13.2 Å². The number of hydrogen-bond acceptors (Lipinski definition) is 5. The minimum atomic E-state index is -2.91. The van der Waals surface area contributed by atoms with Crippen molar-refractivity contribution >= 4 is 23.1 Å². The summed E-state index contributed by atoms with van der Waals surface area (Å²) in [5, 5.41) is 7.40. The summed E-state index contributed by atoms with van der Waals surface area (Å²) in [7, 11) is 3.49. The third-order valence-electron chi connectivity index (χ3n) is 7.70. The molecule has 3 aliphatic rings. The molecule has 2 N–H and O–H groups in total. The van der Waals surface area contributed by atoms with Gasteiger partial charge in [0.1, 0.15) is 11.6 Å². The quantitative estimate of drug-likeness (QED) is 0.506. The molecule has 1 amide bonds. The summed E-state index contributed by atoms with van der Waals surface area (Å²) in [6, 6.07) is 11.0. The summed E-state index contributed by atoms with van der Waals surface area (Å²) in [4.78, 5) is 16.2. The number of piperidine rings is 1. The Morgan fingerprint density at radius 2 is 1.95 bits per heavy atom. The summed E-state index contributed by atoms with van der Waals surface area (Å²) in [6.45, 7) is 1.53. The van der Waals surface area contributed by atoms with Crippen molar-refractivity contribution in [2.75, 3.05) is 51.9 Å². The number of methoxy groups -OCH3 is 1. The van der Waals surface area contributed by atoms with Gasteiger partial charge in [0, 0.05) is 43.4 Å². The van der Waals surface area contributed by atoms with Crippen LogP contribution in [-0.2, 0) is 4.79 Å². The van der Waals surface area contributed by atoms with Crippen molar-refractivity contribution in [3.8, 4) is 16.9 Å². The number of halogens is 3. The summed E-state index contributed by atoms with van der Waals surface area (Å²) in [6.07, 6.45) is 0.430. The Morgan fingerprint density at radius 3 is 2.68 bits per heavy atom. The molecule has 3 aromatic rings. The molecule has 0 saturated carbocycles. The Kier molecular flexibility index (Phi) is 5.59. The lowest BCUT2D eigenvalue weighted by Gasteiger charge is -2.31. The largest absolute Gasteiger partial charge is 0.496 e. The number of carbonyl (C=O) groups excluding carboxylic acids is 1. The van der Waals surface area contributed by atoms with Crippen LogP contribution >= 0.6 is 0 Å². The molecule has 1 aromatic heterocycles. The van der Waals surface area contributed by atoms with Crippen molar-refractivity contribution in [1.82, 2.24) is 20.2 Å². The zero-order valence-corrected chi connectivity index (χ0v) is 20.7. The van der Waals surface area contributed by atoms with Gasteiger partial charge in [0.25, 0.3) is 5.92 Å². The van der Waals surface area contributed by atoms with Gasteiger partial charge in [0.2, 0.25) is 6.41 Å². The molecule has 6 rings (SSSR count). The number of H-pyrrole nitrogens is 1. The standard InChI is InChI=1S/C27H28F3N5O2/c1-33-22-13-34(15-36)11-17(22)12-35(33)24-8-21-20(18-5-3-4-6-23(18)37-2)7-19(25(28)26(21)32-24)16-9-27(29,30)14-31-10-16/h3-8,15-16,31-32H,9-14H2,1-2H3. The Labute approximate surface area is 212 Å². The Bertz CT molecular complexity index is 1420. The lowest BCUT2D eigenvalue weighted by Crippen LogP contribution is -2.43. The van der Waals surface area contributed by atoms with Gasteiger partial charge in [-0.3, -0.25) is 14.8 Å². The van der Waals surface area contributed by atoms with E-state index in [1.54, 1.807) is 18.1 Å². The second kappa shape index (κ2) is 8.72. The van der Waals surface area contributed by atoms with Gasteiger partial charge >= 0.3 is 0 Å². The number of amides is 1. The van der Waals surface area contributed by atoms with Gasteiger partial charge in [0.05, 0.1) is 38.0 Å². The van der Waals surface area contributed by atoms with E-state index in [2.05, 4.69) is 10.3 Å². The van der Waals surface area contributed by atoms with Crippen LogP contribution in [0, 0.1) is 5.82 Å². The van der Waals surface area contributed by atoms with Crippen molar-refractivity contribution in [2.24, 2.45) is 0 Å². The average molecular weight is 512 g/mol. The first-order valence-corrected chi connectivity index (χ1v) is 12.3. The maximum absolute atomic E-state index is 16.1. The molecule has 1 unspecified atom stereocenters. The molecule has 0 aliphatic carbocycles. The maximum atomic E-state index is 16.1. The van der Waals surface area contributed by atoms with Crippen LogP contribution in [-0.4, -0.2) is 74.1 Å². The molecular formula is C27H28F3N5O2. The third-order valence-corrected chi connectivity index (χ3v) is 7.70. The van der Waals surface area contributed by atoms with Crippen molar-refractivity contribution in [3.05, 3.63) is 59.0 Å². The van der Waals surface area contributed by atoms with E-state index < -0.39 is 30.6 Å². The number of alkyl halides is 2. The van der Waals surface area contributed by atoms with Crippen molar-refractivity contribution in [2.45, 2.75) is 18.3 Å². The van der Waals surface area contributed by atoms with Crippen molar-refractivity contribution < 1.29 is 22.7 Å². The van der Waals surface area contributed by atoms with Crippen LogP contribution in [0.25, 0.3) is 22.0 Å². The van der Waals surface area contributed by atoms with Gasteiger partial charge in [-0.05, 0) is 34.9 Å². The number of hydrazine groups is 1. The van der Waals surface area contributed by atoms with Crippen LogP contribution in [0.2, 0.25) is 0 Å². The number of likely N-dealkylation sites (N-methyl/N-ethyl adjacent to an activating group) is 1. The predicted octanol–water partition coefficient (Wildman–Crippen LogP) is 4.09. The normalized spacial score (nSPS) is 21.2. The highest BCUT2D eigenvalue weighted by atomic mass is 19.3. The number of nitrogens with one attached hydrogen (secondary N) is 2. The van der Waals surface area contributed by atoms with E-state index in [1.807, 2.05) is 47.4 Å². The first-order valence-electron chi connectivity index (χ1n) is 12.3. The number of benzene rings is 2. The lowest BCUT2D eigenvalue weighted by molar-refractivity contribution is -0.117. The topological polar surface area (TPSA) is 63.8 Å². The second-order valence-corrected chi connectivity index (χ2v) is 10.0. The predicted molar refractivity (Wildman–Crippen MR) is 135 cm³/mol. The molecule has 10 heteroatoms. The minimum absolute atomic E-state index is 0.255. The van der Waals surface area contributed by atoms with Crippen molar-refractivity contribution in [1.29, 1.82) is 0 Å². The van der Waals surface area contributed by atoms with Crippen LogP contribution < -0.4 is 15.1 Å². The van der Waals surface area contributed by atoms with E-state index in [9.17, 15) is 13.6 Å². The number of anilines is 1. The molecule has 3 aliphatic heterocycles. The van der Waals surface area contributed by atoms with E-state index in [0.29, 0.717) is 36.6 Å². The number of aromatic amines is 1. The molecular weight excluding hydrogens is 483 g/mol. The fourth-order valence-corrected chi connectivity index (χ4v) is 5.87. The van der Waals surface area contributed by atoms with E-state index in [0.717, 1.165) is 28.8 Å². The number of fused-ring (bicyclic) bond motifs is 1. The number of para-hydroxylation sites is 1. The number of aromatic nitrogens is 1. The smallest absolute Gasteiger partial charge is 0.260 e. The first-order chi connectivity index (χ1) is 17.8. The zero-order chi connectivity index (χ0) is 25.9. The number of carbonyl (C=O) groups is 1. The van der Waals surface area contributed by atoms with Crippen LogP contribution in [0.4, 0.5) is 19.0 Å². The molecule has 7 nitrogen and oxygen atoms in total. The fourth-order valence-electron chi connectivity index (χ4n) is 5.87. The molecule has 0 bridgehead atoms. The van der Waals surface area contributed by atoms with E-state index in [1.165, 1.54) is 0 Å². The monoisotopic (exact) mass is 511 g/mol. The Balaban J connectivity index is 1.48. The van der Waals surface area contributed by atoms with E-state index >= 15 is 4.39 Å². The summed E-state index contributed by atoms with van der Waals surface area (Å²) in [5.41, 5.74) is 4.19. The number of ether oxygens (including phenoxy) is 1. The van der Waals surface area contributed by atoms with E-state index in [4.69, 9.17) is 4.74 Å². The highest BCUT2D eigenvalue weighted by molar-refractivity contribution is 6.00. The second-order valence-electron chi connectivity index (χ2n) is 10.0. The number of nitrogens with zero attached hydrogens (tertiary/aromatic N) is 3. The van der Waals surface area contributed by atoms with Gasteiger partial charge in [0.15, 0.2) is 5.82 Å². The Hall–Kier alpha value is -3.66. The van der Waals surface area contributed by atoms with Crippen LogP contribution in [0.3, 0.4) is 0 Å². The highest BCUT2D eigenvalue weighted by Gasteiger charge is 2.39. The molecule has 194 valence electrons. The molecule has 1 saturated heterocycles. The lowest BCUT2D eigenvalue weighted by atomic mass is 9.86. The molecule has 1 fully saturated rings. The van der Waals surface area contributed by atoms with E-state index in [-0.39, 0.29) is 17.6 Å². The maximum Gasteiger partial charge on any atom is 0.260 e. The van der Waals surface area contributed by atoms with Crippen molar-refractivity contribution in [3.63, 3.8) is 0 Å². The molecule has 1 atom stereocenters. The molecule has 0 radical (unpaired) electrons. The van der Waals surface area contributed by atoms with Crippen LogP contribution in [0.1, 0.15) is 17.9 Å². The minimum Gasteiger partial charge on any atom is -0.496 e. The third kappa shape index (κ3) is 3.90. The molecule has 37 heavy (non-hydrogen) atoms. The summed E-state index contributed by atoms with van der Waals surface area (Å²) < 4.78 is 50.3. The first kappa shape index (κ1) is 23.7. The van der Waals surface area contributed by atoms with Gasteiger partial charge < -0.3 is 19.9 Å². The highest BCUT2D eigenvalue weighted by Crippen LogP contribution is 2.43. The zero-order valence-electron chi connectivity index (χ0n) is 20.7. The van der Waals surface area contributed by atoms with Crippen LogP contribution in [0.15, 0.2) is 47.7 Å².